The number of rotatable bonds is 6. The standard InChI is InChI=1S/C53H33N3O/c1-3-16-34(17-4-1)35-30-32-37(33-31-35)48-40-22-8-10-24-42(40)49(43-25-11-9-23-41(43)48)53-55-51(45-26-12-7-20-38(45)36-18-5-2-6-19-36)54-52(56-53)46-28-15-27-44-39-21-13-14-29-47(39)57-50(44)46/h1-33H. The number of para-hydroxylation sites is 2. The molecule has 11 rings (SSSR count). The minimum atomic E-state index is 0.552. The summed E-state index contributed by atoms with van der Waals surface area (Å²) in [4.78, 5) is 16.1. The molecule has 0 spiro atoms. The number of hydrogen-bond acceptors (Lipinski definition) is 4. The van der Waals surface area contributed by atoms with E-state index in [0.29, 0.717) is 17.5 Å². The first-order chi connectivity index (χ1) is 28.3. The molecular weight excluding hydrogens is 695 g/mol. The molecule has 0 unspecified atom stereocenters. The Labute approximate surface area is 329 Å². The van der Waals surface area contributed by atoms with Gasteiger partial charge in [-0.3, -0.25) is 0 Å². The molecule has 0 bridgehead atoms. The van der Waals surface area contributed by atoms with Gasteiger partial charge in [0.15, 0.2) is 17.5 Å². The zero-order chi connectivity index (χ0) is 37.7. The zero-order valence-corrected chi connectivity index (χ0v) is 30.8. The summed E-state index contributed by atoms with van der Waals surface area (Å²) in [6.07, 6.45) is 0. The van der Waals surface area contributed by atoms with Crippen molar-refractivity contribution in [3.63, 3.8) is 0 Å². The third kappa shape index (κ3) is 5.58. The second kappa shape index (κ2) is 13.6. The Kier molecular flexibility index (Phi) is 7.78. The van der Waals surface area contributed by atoms with Gasteiger partial charge in [0.2, 0.25) is 0 Å². The van der Waals surface area contributed by atoms with Crippen LogP contribution in [0, 0.1) is 0 Å². The smallest absolute Gasteiger partial charge is 0.167 e. The molecule has 0 amide bonds. The Hall–Kier alpha value is -7.69. The molecule has 0 saturated carbocycles. The summed E-state index contributed by atoms with van der Waals surface area (Å²) in [5.41, 5.74) is 11.1. The van der Waals surface area contributed by atoms with Crippen LogP contribution in [0.15, 0.2) is 205 Å². The van der Waals surface area contributed by atoms with E-state index in [-0.39, 0.29) is 0 Å². The van der Waals surface area contributed by atoms with Gasteiger partial charge in [-0.15, -0.1) is 0 Å². The Balaban J connectivity index is 1.19. The number of nitrogens with zero attached hydrogens (tertiary/aromatic N) is 3. The molecule has 0 radical (unpaired) electrons. The van der Waals surface area contributed by atoms with Crippen molar-refractivity contribution in [3.05, 3.63) is 200 Å². The van der Waals surface area contributed by atoms with Crippen molar-refractivity contribution in [2.24, 2.45) is 0 Å². The van der Waals surface area contributed by atoms with Crippen LogP contribution in [0.1, 0.15) is 0 Å². The summed E-state index contributed by atoms with van der Waals surface area (Å²) in [7, 11) is 0. The fraction of sp³-hybridized carbons (Fsp3) is 0. The van der Waals surface area contributed by atoms with Crippen molar-refractivity contribution in [1.82, 2.24) is 15.0 Å². The van der Waals surface area contributed by atoms with Crippen molar-refractivity contribution in [1.29, 1.82) is 0 Å². The first-order valence-electron chi connectivity index (χ1n) is 19.2. The van der Waals surface area contributed by atoms with Crippen molar-refractivity contribution in [3.8, 4) is 67.5 Å². The van der Waals surface area contributed by atoms with Gasteiger partial charge >= 0.3 is 0 Å². The molecule has 11 aromatic rings. The summed E-state index contributed by atoms with van der Waals surface area (Å²) >= 11 is 0. The highest BCUT2D eigenvalue weighted by molar-refractivity contribution is 6.21. The van der Waals surface area contributed by atoms with Crippen LogP contribution in [-0.2, 0) is 0 Å². The maximum Gasteiger partial charge on any atom is 0.167 e. The first-order valence-corrected chi connectivity index (χ1v) is 19.2. The maximum atomic E-state index is 6.56. The predicted molar refractivity (Wildman–Crippen MR) is 235 cm³/mol. The van der Waals surface area contributed by atoms with Gasteiger partial charge in [0, 0.05) is 21.9 Å². The lowest BCUT2D eigenvalue weighted by Gasteiger charge is -2.18. The molecule has 2 aromatic heterocycles. The SMILES string of the molecule is c1ccc(-c2ccc(-c3c4ccccc4c(-c4nc(-c5ccccc5-c5ccccc5)nc(-c5cccc6c5oc5ccccc56)n4)c4ccccc34)cc2)cc1. The zero-order valence-electron chi connectivity index (χ0n) is 30.8. The molecule has 4 heteroatoms. The first kappa shape index (κ1) is 32.7. The summed E-state index contributed by atoms with van der Waals surface area (Å²) in [5, 5.41) is 6.48. The highest BCUT2D eigenvalue weighted by atomic mass is 16.3. The van der Waals surface area contributed by atoms with E-state index in [1.807, 2.05) is 30.3 Å². The normalized spacial score (nSPS) is 11.5. The molecule has 0 fully saturated rings. The molecule has 0 aliphatic carbocycles. The molecule has 0 atom stereocenters. The number of aromatic nitrogens is 3. The number of hydrogen-bond donors (Lipinski definition) is 0. The van der Waals surface area contributed by atoms with Crippen LogP contribution in [0.25, 0.3) is 111 Å². The summed E-state index contributed by atoms with van der Waals surface area (Å²) < 4.78 is 6.56. The van der Waals surface area contributed by atoms with Crippen LogP contribution in [0.3, 0.4) is 0 Å². The Bertz CT molecular complexity index is 3220. The minimum absolute atomic E-state index is 0.552. The fourth-order valence-corrected chi connectivity index (χ4v) is 8.34. The topological polar surface area (TPSA) is 51.8 Å². The third-order valence-electron chi connectivity index (χ3n) is 11.0. The van der Waals surface area contributed by atoms with E-state index < -0.39 is 0 Å². The van der Waals surface area contributed by atoms with Crippen LogP contribution in [0.5, 0.6) is 0 Å². The van der Waals surface area contributed by atoms with Crippen LogP contribution in [-0.4, -0.2) is 15.0 Å². The molecule has 266 valence electrons. The molecule has 0 saturated heterocycles. The summed E-state index contributed by atoms with van der Waals surface area (Å²) in [5.74, 6) is 1.75. The van der Waals surface area contributed by atoms with Crippen LogP contribution < -0.4 is 0 Å². The Morgan fingerprint density at radius 3 is 1.37 bits per heavy atom. The monoisotopic (exact) mass is 727 g/mol. The second-order valence-electron chi connectivity index (χ2n) is 14.3. The molecular formula is C53H33N3O. The Morgan fingerprint density at radius 2 is 0.702 bits per heavy atom. The van der Waals surface area contributed by atoms with Crippen molar-refractivity contribution >= 4 is 43.5 Å². The number of benzene rings is 9. The van der Waals surface area contributed by atoms with Gasteiger partial charge in [0.1, 0.15) is 11.2 Å². The van der Waals surface area contributed by atoms with E-state index in [2.05, 4.69) is 170 Å². The van der Waals surface area contributed by atoms with E-state index in [1.165, 1.54) is 16.7 Å². The molecule has 0 aliphatic rings. The molecule has 4 nitrogen and oxygen atoms in total. The van der Waals surface area contributed by atoms with E-state index in [9.17, 15) is 0 Å². The lowest BCUT2D eigenvalue weighted by molar-refractivity contribution is 0.669. The molecule has 2 heterocycles. The van der Waals surface area contributed by atoms with Gasteiger partial charge in [0.05, 0.1) is 5.56 Å². The predicted octanol–water partition coefficient (Wildman–Crippen LogP) is 14.1. The number of fused-ring (bicyclic) bond motifs is 5. The maximum absolute atomic E-state index is 6.56. The lowest BCUT2D eigenvalue weighted by Crippen LogP contribution is -2.02. The van der Waals surface area contributed by atoms with Crippen LogP contribution >= 0.6 is 0 Å². The van der Waals surface area contributed by atoms with Gasteiger partial charge < -0.3 is 4.42 Å². The van der Waals surface area contributed by atoms with E-state index >= 15 is 0 Å². The molecule has 9 aromatic carbocycles. The van der Waals surface area contributed by atoms with Crippen molar-refractivity contribution in [2.45, 2.75) is 0 Å². The van der Waals surface area contributed by atoms with E-state index in [1.54, 1.807) is 0 Å². The number of furan rings is 1. The van der Waals surface area contributed by atoms with Crippen LogP contribution in [0.2, 0.25) is 0 Å². The van der Waals surface area contributed by atoms with E-state index in [0.717, 1.165) is 76.9 Å². The highest BCUT2D eigenvalue weighted by Gasteiger charge is 2.23. The average molecular weight is 728 g/mol. The van der Waals surface area contributed by atoms with Crippen LogP contribution in [0.4, 0.5) is 0 Å². The minimum Gasteiger partial charge on any atom is -0.455 e. The fourth-order valence-electron chi connectivity index (χ4n) is 8.34. The second-order valence-corrected chi connectivity index (χ2v) is 14.3. The van der Waals surface area contributed by atoms with Gasteiger partial charge in [-0.2, -0.15) is 0 Å². The van der Waals surface area contributed by atoms with Gasteiger partial charge in [-0.05, 0) is 67.1 Å². The van der Waals surface area contributed by atoms with Crippen molar-refractivity contribution < 1.29 is 4.42 Å². The summed E-state index contributed by atoms with van der Waals surface area (Å²) in [6, 6.07) is 69.8. The molecule has 57 heavy (non-hydrogen) atoms. The quantitative estimate of drug-likeness (QED) is 0.160. The molecule has 0 N–H and O–H groups in total. The largest absolute Gasteiger partial charge is 0.455 e. The summed E-state index contributed by atoms with van der Waals surface area (Å²) in [6.45, 7) is 0. The molecule has 0 aliphatic heterocycles. The van der Waals surface area contributed by atoms with Crippen molar-refractivity contribution in [2.75, 3.05) is 0 Å². The van der Waals surface area contributed by atoms with E-state index in [4.69, 9.17) is 19.4 Å². The average Bonchev–Trinajstić information content (AvgIpc) is 3.68. The Morgan fingerprint density at radius 1 is 0.263 bits per heavy atom. The lowest BCUT2D eigenvalue weighted by atomic mass is 9.87. The van der Waals surface area contributed by atoms with Gasteiger partial charge in [0.25, 0.3) is 0 Å². The van der Waals surface area contributed by atoms with Gasteiger partial charge in [-0.25, -0.2) is 15.0 Å². The highest BCUT2D eigenvalue weighted by Crippen LogP contribution is 2.44. The van der Waals surface area contributed by atoms with Gasteiger partial charge in [-0.1, -0.05) is 188 Å². The third-order valence-corrected chi connectivity index (χ3v) is 11.0.